The summed E-state index contributed by atoms with van der Waals surface area (Å²) in [6.07, 6.45) is 0.456. The quantitative estimate of drug-likeness (QED) is 0.830. The third-order valence-corrected chi connectivity index (χ3v) is 2.78. The number of carbonyl (C=O) groups is 1. The summed E-state index contributed by atoms with van der Waals surface area (Å²) in [5.41, 5.74) is 3.13. The van der Waals surface area contributed by atoms with Gasteiger partial charge in [0.15, 0.2) is 0 Å². The number of carbonyl (C=O) groups excluding carboxylic acids is 1. The first-order chi connectivity index (χ1) is 7.08. The van der Waals surface area contributed by atoms with E-state index in [-0.39, 0.29) is 5.78 Å². The SMILES string of the molecule is CC(=O)Cc1[nH]c2ccc(Cl)cc2c1C. The number of rotatable bonds is 2. The lowest BCUT2D eigenvalue weighted by Gasteiger charge is -1.95. The molecule has 2 rings (SSSR count). The normalized spacial score (nSPS) is 10.9. The predicted molar refractivity (Wildman–Crippen MR) is 62.4 cm³/mol. The maximum absolute atomic E-state index is 11.1. The molecule has 3 heteroatoms. The molecule has 0 saturated carbocycles. The van der Waals surface area contributed by atoms with Crippen molar-refractivity contribution in [2.45, 2.75) is 20.3 Å². The number of H-pyrrole nitrogens is 1. The van der Waals surface area contributed by atoms with Crippen LogP contribution in [0.1, 0.15) is 18.2 Å². The summed E-state index contributed by atoms with van der Waals surface area (Å²) in [5, 5.41) is 1.82. The molecule has 0 bridgehead atoms. The van der Waals surface area contributed by atoms with Crippen molar-refractivity contribution in [3.8, 4) is 0 Å². The summed E-state index contributed by atoms with van der Waals surface area (Å²) < 4.78 is 0. The van der Waals surface area contributed by atoms with Crippen molar-refractivity contribution in [3.05, 3.63) is 34.5 Å². The van der Waals surface area contributed by atoms with E-state index in [9.17, 15) is 4.79 Å². The topological polar surface area (TPSA) is 32.9 Å². The Bertz CT molecular complexity index is 528. The Morgan fingerprint density at radius 3 is 2.87 bits per heavy atom. The van der Waals surface area contributed by atoms with E-state index >= 15 is 0 Å². The second-order valence-electron chi connectivity index (χ2n) is 3.80. The fourth-order valence-electron chi connectivity index (χ4n) is 1.78. The minimum absolute atomic E-state index is 0.163. The highest BCUT2D eigenvalue weighted by Gasteiger charge is 2.09. The lowest BCUT2D eigenvalue weighted by atomic mass is 10.1. The van der Waals surface area contributed by atoms with Crippen molar-refractivity contribution in [1.82, 2.24) is 4.98 Å². The molecular weight excluding hydrogens is 210 g/mol. The second-order valence-corrected chi connectivity index (χ2v) is 4.23. The molecule has 1 aromatic carbocycles. The van der Waals surface area contributed by atoms with Gasteiger partial charge in [-0.1, -0.05) is 11.6 Å². The lowest BCUT2D eigenvalue weighted by Crippen LogP contribution is -1.97. The molecule has 2 nitrogen and oxygen atoms in total. The molecule has 0 unspecified atom stereocenters. The Kier molecular flexibility index (Phi) is 2.53. The highest BCUT2D eigenvalue weighted by molar-refractivity contribution is 6.31. The zero-order valence-corrected chi connectivity index (χ0v) is 9.48. The first-order valence-corrected chi connectivity index (χ1v) is 5.22. The van der Waals surface area contributed by atoms with Crippen LogP contribution in [-0.4, -0.2) is 10.8 Å². The monoisotopic (exact) mass is 221 g/mol. The van der Waals surface area contributed by atoms with E-state index in [0.29, 0.717) is 6.42 Å². The smallest absolute Gasteiger partial charge is 0.135 e. The Morgan fingerprint density at radius 1 is 1.47 bits per heavy atom. The van der Waals surface area contributed by atoms with Crippen LogP contribution >= 0.6 is 11.6 Å². The Labute approximate surface area is 93.2 Å². The number of halogens is 1. The van der Waals surface area contributed by atoms with Crippen molar-refractivity contribution in [3.63, 3.8) is 0 Å². The largest absolute Gasteiger partial charge is 0.358 e. The minimum Gasteiger partial charge on any atom is -0.358 e. The van der Waals surface area contributed by atoms with Crippen LogP contribution < -0.4 is 0 Å². The van der Waals surface area contributed by atoms with Crippen LogP contribution in [0.15, 0.2) is 18.2 Å². The molecule has 2 aromatic rings. The molecule has 0 aliphatic rings. The van der Waals surface area contributed by atoms with Gasteiger partial charge in [-0.2, -0.15) is 0 Å². The molecule has 1 aromatic heterocycles. The average molecular weight is 222 g/mol. The van der Waals surface area contributed by atoms with Gasteiger partial charge in [0.1, 0.15) is 5.78 Å². The first-order valence-electron chi connectivity index (χ1n) is 4.84. The van der Waals surface area contributed by atoms with Crippen LogP contribution in [0.3, 0.4) is 0 Å². The molecule has 15 heavy (non-hydrogen) atoms. The number of fused-ring (bicyclic) bond motifs is 1. The maximum atomic E-state index is 11.1. The fourth-order valence-corrected chi connectivity index (χ4v) is 1.95. The van der Waals surface area contributed by atoms with E-state index in [1.807, 2.05) is 25.1 Å². The summed E-state index contributed by atoms with van der Waals surface area (Å²) >= 11 is 5.92. The van der Waals surface area contributed by atoms with E-state index in [0.717, 1.165) is 27.2 Å². The summed E-state index contributed by atoms with van der Waals surface area (Å²) in [5.74, 6) is 0.163. The summed E-state index contributed by atoms with van der Waals surface area (Å²) in [6.45, 7) is 3.60. The van der Waals surface area contributed by atoms with Crippen molar-refractivity contribution in [1.29, 1.82) is 0 Å². The molecule has 0 aliphatic heterocycles. The van der Waals surface area contributed by atoms with Gasteiger partial charge >= 0.3 is 0 Å². The number of nitrogens with one attached hydrogen (secondary N) is 1. The molecule has 0 saturated heterocycles. The fraction of sp³-hybridized carbons (Fsp3) is 0.250. The van der Waals surface area contributed by atoms with E-state index in [2.05, 4.69) is 4.98 Å². The number of aromatic nitrogens is 1. The molecule has 1 heterocycles. The number of ketones is 1. The third kappa shape index (κ3) is 1.90. The number of Topliss-reactive ketones (excluding diaryl/α,β-unsaturated/α-hetero) is 1. The minimum atomic E-state index is 0.163. The van der Waals surface area contributed by atoms with Crippen LogP contribution in [-0.2, 0) is 11.2 Å². The van der Waals surface area contributed by atoms with E-state index in [1.54, 1.807) is 6.92 Å². The average Bonchev–Trinajstić information content (AvgIpc) is 2.44. The number of aromatic amines is 1. The Balaban J connectivity index is 2.59. The molecule has 0 fully saturated rings. The van der Waals surface area contributed by atoms with E-state index in [1.165, 1.54) is 0 Å². The number of hydrogen-bond acceptors (Lipinski definition) is 1. The number of benzene rings is 1. The van der Waals surface area contributed by atoms with Crippen LogP contribution in [0.25, 0.3) is 10.9 Å². The first kappa shape index (κ1) is 10.2. The van der Waals surface area contributed by atoms with E-state index in [4.69, 9.17) is 11.6 Å². The van der Waals surface area contributed by atoms with Crippen molar-refractivity contribution < 1.29 is 4.79 Å². The van der Waals surface area contributed by atoms with Crippen LogP contribution in [0.4, 0.5) is 0 Å². The predicted octanol–water partition coefficient (Wildman–Crippen LogP) is 3.26. The standard InChI is InChI=1S/C12H12ClNO/c1-7(15)5-12-8(2)10-6-9(13)3-4-11(10)14-12/h3-4,6,14H,5H2,1-2H3. The molecule has 0 amide bonds. The van der Waals surface area contributed by atoms with Gasteiger partial charge in [0.2, 0.25) is 0 Å². The maximum Gasteiger partial charge on any atom is 0.135 e. The van der Waals surface area contributed by atoms with Crippen molar-refractivity contribution in [2.24, 2.45) is 0 Å². The van der Waals surface area contributed by atoms with Crippen LogP contribution in [0, 0.1) is 6.92 Å². The molecule has 0 atom stereocenters. The van der Waals surface area contributed by atoms with Gasteiger partial charge in [-0.25, -0.2) is 0 Å². The van der Waals surface area contributed by atoms with Crippen molar-refractivity contribution >= 4 is 28.3 Å². The molecule has 78 valence electrons. The number of hydrogen-bond donors (Lipinski definition) is 1. The Morgan fingerprint density at radius 2 is 2.20 bits per heavy atom. The summed E-state index contributed by atoms with van der Waals surface area (Å²) in [7, 11) is 0. The van der Waals surface area contributed by atoms with Gasteiger partial charge < -0.3 is 4.98 Å². The van der Waals surface area contributed by atoms with Crippen LogP contribution in [0.2, 0.25) is 5.02 Å². The second kappa shape index (κ2) is 3.70. The highest BCUT2D eigenvalue weighted by atomic mass is 35.5. The molecule has 0 aliphatic carbocycles. The van der Waals surface area contributed by atoms with Crippen molar-refractivity contribution in [2.75, 3.05) is 0 Å². The van der Waals surface area contributed by atoms with Gasteiger partial charge in [0, 0.05) is 28.0 Å². The summed E-state index contributed by atoms with van der Waals surface area (Å²) in [4.78, 5) is 14.3. The van der Waals surface area contributed by atoms with Gasteiger partial charge in [0.25, 0.3) is 0 Å². The van der Waals surface area contributed by atoms with Crippen LogP contribution in [0.5, 0.6) is 0 Å². The highest BCUT2D eigenvalue weighted by Crippen LogP contribution is 2.25. The molecule has 1 N–H and O–H groups in total. The van der Waals surface area contributed by atoms with Gasteiger partial charge in [0.05, 0.1) is 0 Å². The Hall–Kier alpha value is -1.28. The zero-order chi connectivity index (χ0) is 11.0. The van der Waals surface area contributed by atoms with Gasteiger partial charge in [-0.05, 0) is 37.6 Å². The molecular formula is C12H12ClNO. The molecule has 0 radical (unpaired) electrons. The van der Waals surface area contributed by atoms with E-state index < -0.39 is 0 Å². The third-order valence-electron chi connectivity index (χ3n) is 2.55. The zero-order valence-electron chi connectivity index (χ0n) is 8.73. The van der Waals surface area contributed by atoms with Gasteiger partial charge in [-0.15, -0.1) is 0 Å². The van der Waals surface area contributed by atoms with Gasteiger partial charge in [-0.3, -0.25) is 4.79 Å². The molecule has 0 spiro atoms. The number of aryl methyl sites for hydroxylation is 1. The lowest BCUT2D eigenvalue weighted by molar-refractivity contribution is -0.116. The summed E-state index contributed by atoms with van der Waals surface area (Å²) in [6, 6.07) is 5.71.